The highest BCUT2D eigenvalue weighted by Crippen LogP contribution is 2.34. The van der Waals surface area contributed by atoms with Crippen molar-refractivity contribution in [2.24, 2.45) is 0 Å². The maximum absolute atomic E-state index is 13.6. The zero-order valence-corrected chi connectivity index (χ0v) is 19.3. The zero-order valence-electron chi connectivity index (χ0n) is 17.7. The second kappa shape index (κ2) is 8.20. The number of rotatable bonds is 5. The van der Waals surface area contributed by atoms with Crippen LogP contribution < -0.4 is 10.2 Å². The Labute approximate surface area is 181 Å². The van der Waals surface area contributed by atoms with E-state index >= 15 is 0 Å². The van der Waals surface area contributed by atoms with Gasteiger partial charge in [0, 0.05) is 37.9 Å². The van der Waals surface area contributed by atoms with E-state index in [0.29, 0.717) is 16.6 Å². The molecule has 7 nitrogen and oxygen atoms in total. The number of thioether (sulfide) groups is 1. The Kier molecular flexibility index (Phi) is 5.78. The summed E-state index contributed by atoms with van der Waals surface area (Å²) >= 11 is 1.33. The number of sulfone groups is 1. The number of hydrogen-bond donors (Lipinski definition) is 1. The average molecular weight is 446 g/mol. The van der Waals surface area contributed by atoms with Crippen molar-refractivity contribution in [3.05, 3.63) is 41.6 Å². The molecule has 0 bridgehead atoms. The van der Waals surface area contributed by atoms with Gasteiger partial charge in [0.1, 0.15) is 10.8 Å². The van der Waals surface area contributed by atoms with Crippen LogP contribution in [0.15, 0.2) is 45.1 Å². The summed E-state index contributed by atoms with van der Waals surface area (Å²) in [6.45, 7) is 9.51. The summed E-state index contributed by atoms with van der Waals surface area (Å²) < 4.78 is 29.0. The van der Waals surface area contributed by atoms with Gasteiger partial charge in [-0.05, 0) is 36.8 Å². The maximum Gasteiger partial charge on any atom is 0.213 e. The molecule has 1 N–H and O–H groups in total. The smallest absolute Gasteiger partial charge is 0.213 e. The van der Waals surface area contributed by atoms with Crippen molar-refractivity contribution in [2.45, 2.75) is 41.5 Å². The van der Waals surface area contributed by atoms with Crippen molar-refractivity contribution < 1.29 is 8.42 Å². The Morgan fingerprint density at radius 1 is 1.13 bits per heavy atom. The Morgan fingerprint density at radius 2 is 1.80 bits per heavy atom. The van der Waals surface area contributed by atoms with E-state index in [-0.39, 0.29) is 9.79 Å². The van der Waals surface area contributed by atoms with Crippen LogP contribution in [0.2, 0.25) is 0 Å². The van der Waals surface area contributed by atoms with Crippen molar-refractivity contribution >= 4 is 33.1 Å². The minimum absolute atomic E-state index is 0.187. The topological polar surface area (TPSA) is 79.6 Å². The van der Waals surface area contributed by atoms with Gasteiger partial charge >= 0.3 is 0 Å². The molecule has 0 amide bonds. The number of hydrogen-bond acceptors (Lipinski definition) is 7. The molecule has 0 spiro atoms. The number of piperazine rings is 1. The van der Waals surface area contributed by atoms with Gasteiger partial charge in [0.15, 0.2) is 10.5 Å². The van der Waals surface area contributed by atoms with Gasteiger partial charge < -0.3 is 10.2 Å². The predicted octanol–water partition coefficient (Wildman–Crippen LogP) is 3.13. The van der Waals surface area contributed by atoms with E-state index in [1.165, 1.54) is 11.8 Å². The lowest BCUT2D eigenvalue weighted by Gasteiger charge is -2.29. The third kappa shape index (κ3) is 3.70. The highest BCUT2D eigenvalue weighted by atomic mass is 32.2. The molecule has 0 aliphatic carbocycles. The Balaban J connectivity index is 1.90. The number of benzene rings is 1. The van der Waals surface area contributed by atoms with Crippen molar-refractivity contribution in [2.75, 3.05) is 37.3 Å². The molecule has 3 aromatic rings. The lowest BCUT2D eigenvalue weighted by molar-refractivity contribution is 0.579. The average Bonchev–Trinajstić information content (AvgIpc) is 3.13. The predicted molar refractivity (Wildman–Crippen MR) is 121 cm³/mol. The molecular weight excluding hydrogens is 418 g/mol. The molecule has 1 aromatic carbocycles. The molecule has 3 heterocycles. The summed E-state index contributed by atoms with van der Waals surface area (Å²) in [7, 11) is -3.77. The molecule has 0 atom stereocenters. The van der Waals surface area contributed by atoms with E-state index in [0.717, 1.165) is 43.3 Å². The molecule has 160 valence electrons. The van der Waals surface area contributed by atoms with Crippen molar-refractivity contribution in [3.63, 3.8) is 0 Å². The standard InChI is InChI=1S/C21H27N5O2S2/c1-14(2)16-5-7-17(8-6-16)30(27,28)19-20-23-15(3)13-18(25-11-9-22-10-12-25)26(20)24-21(19)29-4/h5-8,13-14,22H,9-12H2,1-4H3. The summed E-state index contributed by atoms with van der Waals surface area (Å²) in [6, 6.07) is 9.11. The lowest BCUT2D eigenvalue weighted by atomic mass is 10.0. The Morgan fingerprint density at radius 3 is 2.40 bits per heavy atom. The van der Waals surface area contributed by atoms with E-state index in [2.05, 4.69) is 34.1 Å². The van der Waals surface area contributed by atoms with Crippen LogP contribution in [0.4, 0.5) is 5.82 Å². The summed E-state index contributed by atoms with van der Waals surface area (Å²) in [4.78, 5) is 7.28. The molecule has 30 heavy (non-hydrogen) atoms. The highest BCUT2D eigenvalue weighted by molar-refractivity contribution is 7.99. The minimum Gasteiger partial charge on any atom is -0.354 e. The van der Waals surface area contributed by atoms with Crippen molar-refractivity contribution in [1.82, 2.24) is 19.9 Å². The number of nitrogens with one attached hydrogen (secondary N) is 1. The van der Waals surface area contributed by atoms with Crippen LogP contribution in [0, 0.1) is 6.92 Å². The molecule has 0 radical (unpaired) electrons. The van der Waals surface area contributed by atoms with Gasteiger partial charge in [-0.2, -0.15) is 9.61 Å². The number of fused-ring (bicyclic) bond motifs is 1. The van der Waals surface area contributed by atoms with Crippen molar-refractivity contribution in [3.8, 4) is 0 Å². The molecule has 1 aliphatic heterocycles. The second-order valence-corrected chi connectivity index (χ2v) is 10.5. The summed E-state index contributed by atoms with van der Waals surface area (Å²) in [6.07, 6.45) is 1.85. The molecule has 9 heteroatoms. The van der Waals surface area contributed by atoms with Gasteiger partial charge in [-0.25, -0.2) is 13.4 Å². The molecule has 0 saturated carbocycles. The maximum atomic E-state index is 13.6. The first-order valence-electron chi connectivity index (χ1n) is 10.1. The monoisotopic (exact) mass is 445 g/mol. The van der Waals surface area contributed by atoms with Gasteiger partial charge in [0.25, 0.3) is 0 Å². The molecule has 1 aliphatic rings. The molecule has 1 fully saturated rings. The van der Waals surface area contributed by atoms with Crippen LogP contribution in [-0.4, -0.2) is 55.5 Å². The van der Waals surface area contributed by atoms with Crippen LogP contribution in [0.3, 0.4) is 0 Å². The fourth-order valence-electron chi connectivity index (χ4n) is 3.72. The molecule has 2 aromatic heterocycles. The third-order valence-electron chi connectivity index (χ3n) is 5.39. The summed E-state index contributed by atoms with van der Waals surface area (Å²) in [5.74, 6) is 1.22. The lowest BCUT2D eigenvalue weighted by Crippen LogP contribution is -2.44. The highest BCUT2D eigenvalue weighted by Gasteiger charge is 2.30. The van der Waals surface area contributed by atoms with Crippen LogP contribution in [0.25, 0.3) is 5.65 Å². The van der Waals surface area contributed by atoms with Crippen molar-refractivity contribution in [1.29, 1.82) is 0 Å². The first-order valence-corrected chi connectivity index (χ1v) is 12.8. The van der Waals surface area contributed by atoms with Gasteiger partial charge in [0.2, 0.25) is 9.84 Å². The van der Waals surface area contributed by atoms with Crippen LogP contribution in [0.5, 0.6) is 0 Å². The summed E-state index contributed by atoms with van der Waals surface area (Å²) in [5.41, 5.74) is 2.27. The number of nitrogens with zero attached hydrogens (tertiary/aromatic N) is 4. The van der Waals surface area contributed by atoms with E-state index in [9.17, 15) is 8.42 Å². The molecule has 0 unspecified atom stereocenters. The SMILES string of the molecule is CSc1nn2c(N3CCNCC3)cc(C)nc2c1S(=O)(=O)c1ccc(C(C)C)cc1. The van der Waals surface area contributed by atoms with Gasteiger partial charge in [0.05, 0.1) is 4.90 Å². The van der Waals surface area contributed by atoms with Gasteiger partial charge in [-0.3, -0.25) is 0 Å². The van der Waals surface area contributed by atoms with E-state index in [1.54, 1.807) is 16.6 Å². The van der Waals surface area contributed by atoms with E-state index in [1.807, 2.05) is 31.4 Å². The largest absolute Gasteiger partial charge is 0.354 e. The first kappa shape index (κ1) is 21.1. The second-order valence-electron chi connectivity index (χ2n) is 7.79. The van der Waals surface area contributed by atoms with E-state index in [4.69, 9.17) is 0 Å². The third-order valence-corrected chi connectivity index (χ3v) is 7.99. The molecule has 1 saturated heterocycles. The number of aromatic nitrogens is 3. The van der Waals surface area contributed by atoms with Gasteiger partial charge in [-0.15, -0.1) is 11.8 Å². The first-order chi connectivity index (χ1) is 14.3. The summed E-state index contributed by atoms with van der Waals surface area (Å²) in [5, 5.41) is 8.48. The number of anilines is 1. The van der Waals surface area contributed by atoms with Crippen LogP contribution in [0.1, 0.15) is 31.0 Å². The minimum atomic E-state index is -3.77. The fourth-order valence-corrected chi connectivity index (χ4v) is 6.11. The molecular formula is C21H27N5O2S2. The Hall–Kier alpha value is -2.10. The quantitative estimate of drug-likeness (QED) is 0.605. The molecule has 4 rings (SSSR count). The van der Waals surface area contributed by atoms with Crippen LogP contribution >= 0.6 is 11.8 Å². The number of aryl methyl sites for hydroxylation is 1. The van der Waals surface area contributed by atoms with Crippen LogP contribution in [-0.2, 0) is 9.84 Å². The zero-order chi connectivity index (χ0) is 21.5. The Bertz CT molecular complexity index is 1160. The fraction of sp³-hybridized carbons (Fsp3) is 0.429. The van der Waals surface area contributed by atoms with E-state index < -0.39 is 9.84 Å². The normalized spacial score (nSPS) is 15.3. The van der Waals surface area contributed by atoms with Gasteiger partial charge in [-0.1, -0.05) is 26.0 Å².